The van der Waals surface area contributed by atoms with E-state index >= 15 is 0 Å². The maximum Gasteiger partial charge on any atom is 0.437 e. The molecule has 9 nitrogen and oxygen atoms in total. The molecule has 0 amide bonds. The number of para-hydroxylation sites is 1. The van der Waals surface area contributed by atoms with E-state index in [2.05, 4.69) is 20.5 Å². The molecule has 0 atom stereocenters. The van der Waals surface area contributed by atoms with Crippen LogP contribution < -0.4 is 11.1 Å². The van der Waals surface area contributed by atoms with Gasteiger partial charge in [-0.05, 0) is 24.3 Å². The van der Waals surface area contributed by atoms with Crippen molar-refractivity contribution in [1.29, 1.82) is 0 Å². The highest BCUT2D eigenvalue weighted by molar-refractivity contribution is 6.33. The van der Waals surface area contributed by atoms with Crippen molar-refractivity contribution in [1.82, 2.24) is 24.5 Å². The Bertz CT molecular complexity index is 1340. The van der Waals surface area contributed by atoms with Gasteiger partial charge in [0.2, 0.25) is 0 Å². The number of carbonyl (C=O) groups is 1. The molecule has 0 saturated heterocycles. The van der Waals surface area contributed by atoms with Gasteiger partial charge in [0, 0.05) is 31.9 Å². The molecule has 4 rings (SSSR count). The number of anilines is 1. The van der Waals surface area contributed by atoms with E-state index in [1.807, 2.05) is 0 Å². The fourth-order valence-electron chi connectivity index (χ4n) is 2.64. The first-order valence-corrected chi connectivity index (χ1v) is 9.68. The molecule has 0 bridgehead atoms. The van der Waals surface area contributed by atoms with Gasteiger partial charge in [-0.1, -0.05) is 17.7 Å². The summed E-state index contributed by atoms with van der Waals surface area (Å²) in [7, 11) is 2.92. The number of hydrogen-bond acceptors (Lipinski definition) is 7. The van der Waals surface area contributed by atoms with E-state index in [9.17, 15) is 27.2 Å². The Kier molecular flexibility index (Phi) is 7.15. The summed E-state index contributed by atoms with van der Waals surface area (Å²) in [6.45, 7) is 0. The number of aromatic nitrogens is 5. The Morgan fingerprint density at radius 1 is 1.18 bits per heavy atom. The summed E-state index contributed by atoms with van der Waals surface area (Å²) in [4.78, 5) is 25.7. The molecule has 0 unspecified atom stereocenters. The number of carbonyl (C=O) groups excluding carboxylic acids is 1. The van der Waals surface area contributed by atoms with Crippen LogP contribution in [0, 0.1) is 5.82 Å². The minimum atomic E-state index is -4.73. The van der Waals surface area contributed by atoms with Gasteiger partial charge in [0.15, 0.2) is 23.5 Å². The fraction of sp³-hybridized carbons (Fsp3) is 0.150. The number of alkyl halides is 3. The molecular weight excluding hydrogens is 484 g/mol. The number of pyridine rings is 1. The fourth-order valence-corrected chi connectivity index (χ4v) is 2.90. The number of benzene rings is 1. The Balaban J connectivity index is 0.000000271. The molecule has 0 aliphatic rings. The maximum atomic E-state index is 13.2. The van der Waals surface area contributed by atoms with Gasteiger partial charge in [-0.15, -0.1) is 5.10 Å². The molecule has 4 aromatic rings. The highest BCUT2D eigenvalue weighted by Gasteiger charge is 2.37. The molecule has 0 aliphatic heterocycles. The smallest absolute Gasteiger partial charge is 0.386 e. The number of halogens is 5. The maximum absolute atomic E-state index is 13.2. The number of aryl methyl sites for hydroxylation is 1. The molecule has 178 valence electrons. The van der Waals surface area contributed by atoms with Gasteiger partial charge in [0.25, 0.3) is 5.89 Å². The normalized spacial score (nSPS) is 11.0. The molecule has 0 radical (unpaired) electrons. The van der Waals surface area contributed by atoms with Gasteiger partial charge in [-0.2, -0.15) is 23.0 Å². The van der Waals surface area contributed by atoms with Crippen molar-refractivity contribution in [3.05, 3.63) is 75.2 Å². The van der Waals surface area contributed by atoms with Gasteiger partial charge in [0.1, 0.15) is 5.82 Å². The van der Waals surface area contributed by atoms with Gasteiger partial charge < -0.3 is 9.73 Å². The SMILES string of the molecule is CNc1c(F)cccc1Cl.Cn1nc(-c2cc(C(F)(F)F)n(-c3ccc(C=O)cn3)n2)oc1=O. The second kappa shape index (κ2) is 9.87. The first-order valence-electron chi connectivity index (χ1n) is 9.30. The first kappa shape index (κ1) is 24.6. The van der Waals surface area contributed by atoms with Gasteiger partial charge >= 0.3 is 11.9 Å². The summed E-state index contributed by atoms with van der Waals surface area (Å²) in [6, 6.07) is 7.77. The summed E-state index contributed by atoms with van der Waals surface area (Å²) in [5.74, 6) is -1.66. The van der Waals surface area contributed by atoms with Crippen LogP contribution in [-0.2, 0) is 13.2 Å². The minimum absolute atomic E-state index is 0.155. The van der Waals surface area contributed by atoms with E-state index in [4.69, 9.17) is 16.0 Å². The Morgan fingerprint density at radius 2 is 1.91 bits per heavy atom. The third-order valence-electron chi connectivity index (χ3n) is 4.24. The summed E-state index contributed by atoms with van der Waals surface area (Å²) in [5.41, 5.74) is -0.849. The van der Waals surface area contributed by atoms with Crippen LogP contribution in [0.1, 0.15) is 16.1 Å². The van der Waals surface area contributed by atoms with Crippen LogP contribution in [0.25, 0.3) is 17.4 Å². The largest absolute Gasteiger partial charge is 0.437 e. The van der Waals surface area contributed by atoms with Crippen LogP contribution in [0.2, 0.25) is 5.02 Å². The standard InChI is InChI=1S/C13H8F3N5O3.C7H7ClFN/c1-20-12(23)24-11(19-20)8-4-9(13(14,15)16)21(18-8)10-3-2-7(6-22)5-17-10;1-10-7-5(8)3-2-4-6(7)9/h2-6H,1H3;2-4,10H,1H3. The number of nitrogens with one attached hydrogen (secondary N) is 1. The van der Waals surface area contributed by atoms with Crippen LogP contribution in [-0.4, -0.2) is 37.9 Å². The van der Waals surface area contributed by atoms with E-state index in [1.54, 1.807) is 19.2 Å². The summed E-state index contributed by atoms with van der Waals surface area (Å²) < 4.78 is 58.5. The van der Waals surface area contributed by atoms with Crippen LogP contribution in [0.5, 0.6) is 0 Å². The van der Waals surface area contributed by atoms with Crippen LogP contribution in [0.3, 0.4) is 0 Å². The van der Waals surface area contributed by atoms with E-state index in [1.165, 1.54) is 25.2 Å². The summed E-state index contributed by atoms with van der Waals surface area (Å²) in [5, 5.41) is 10.5. The molecule has 0 saturated carbocycles. The van der Waals surface area contributed by atoms with E-state index < -0.39 is 17.6 Å². The second-order valence-corrected chi connectivity index (χ2v) is 6.94. The number of nitrogens with zero attached hydrogens (tertiary/aromatic N) is 5. The molecule has 3 aromatic heterocycles. The third kappa shape index (κ3) is 5.31. The van der Waals surface area contributed by atoms with E-state index in [0.29, 0.717) is 27.7 Å². The number of rotatable bonds is 4. The second-order valence-electron chi connectivity index (χ2n) is 6.54. The monoisotopic (exact) mass is 498 g/mol. The van der Waals surface area contributed by atoms with E-state index in [-0.39, 0.29) is 28.8 Å². The van der Waals surface area contributed by atoms with Gasteiger partial charge in [-0.25, -0.2) is 18.9 Å². The Morgan fingerprint density at radius 3 is 2.38 bits per heavy atom. The Labute approximate surface area is 193 Å². The molecule has 3 heterocycles. The predicted octanol–water partition coefficient (Wildman–Crippen LogP) is 3.97. The lowest BCUT2D eigenvalue weighted by Gasteiger charge is -2.09. The van der Waals surface area contributed by atoms with Crippen LogP contribution >= 0.6 is 11.6 Å². The van der Waals surface area contributed by atoms with Crippen molar-refractivity contribution in [2.75, 3.05) is 12.4 Å². The van der Waals surface area contributed by atoms with Crippen molar-refractivity contribution < 1.29 is 26.8 Å². The van der Waals surface area contributed by atoms with E-state index in [0.717, 1.165) is 10.9 Å². The average molecular weight is 499 g/mol. The van der Waals surface area contributed by atoms with Crippen LogP contribution in [0.4, 0.5) is 23.2 Å². The predicted molar refractivity (Wildman–Crippen MR) is 113 cm³/mol. The lowest BCUT2D eigenvalue weighted by atomic mass is 10.3. The quantitative estimate of drug-likeness (QED) is 0.335. The zero-order chi connectivity index (χ0) is 25.0. The number of hydrogen-bond donors (Lipinski definition) is 1. The van der Waals surface area contributed by atoms with Crippen LogP contribution in [0.15, 0.2) is 51.8 Å². The van der Waals surface area contributed by atoms with Crippen molar-refractivity contribution in [3.8, 4) is 17.4 Å². The third-order valence-corrected chi connectivity index (χ3v) is 4.56. The zero-order valence-corrected chi connectivity index (χ0v) is 18.2. The lowest BCUT2D eigenvalue weighted by Crippen LogP contribution is -2.14. The van der Waals surface area contributed by atoms with Gasteiger partial charge in [-0.3, -0.25) is 4.79 Å². The molecule has 14 heteroatoms. The van der Waals surface area contributed by atoms with Crippen molar-refractivity contribution in [2.24, 2.45) is 7.05 Å². The topological polar surface area (TPSA) is 108 Å². The highest BCUT2D eigenvalue weighted by atomic mass is 35.5. The number of aldehydes is 1. The molecule has 0 spiro atoms. The van der Waals surface area contributed by atoms with Crippen molar-refractivity contribution in [3.63, 3.8) is 0 Å². The molecule has 1 aromatic carbocycles. The molecule has 0 aliphatic carbocycles. The van der Waals surface area contributed by atoms with Gasteiger partial charge in [0.05, 0.1) is 10.7 Å². The van der Waals surface area contributed by atoms with Crippen molar-refractivity contribution in [2.45, 2.75) is 6.18 Å². The first-order chi connectivity index (χ1) is 16.0. The Hall–Kier alpha value is -4.00. The molecular formula is C20H15ClF4N6O3. The summed E-state index contributed by atoms with van der Waals surface area (Å²) in [6.07, 6.45) is -3.10. The molecule has 0 fully saturated rings. The summed E-state index contributed by atoms with van der Waals surface area (Å²) >= 11 is 5.63. The zero-order valence-electron chi connectivity index (χ0n) is 17.5. The minimum Gasteiger partial charge on any atom is -0.386 e. The van der Waals surface area contributed by atoms with Crippen molar-refractivity contribution >= 4 is 23.6 Å². The highest BCUT2D eigenvalue weighted by Crippen LogP contribution is 2.33. The molecule has 34 heavy (non-hydrogen) atoms. The average Bonchev–Trinajstić information content (AvgIpc) is 3.38. The lowest BCUT2D eigenvalue weighted by molar-refractivity contribution is -0.142. The molecule has 1 N–H and O–H groups in total.